The summed E-state index contributed by atoms with van der Waals surface area (Å²) in [6.45, 7) is 4.93. The molecule has 5 nitrogen and oxygen atoms in total. The van der Waals surface area contributed by atoms with Crippen molar-refractivity contribution in [3.63, 3.8) is 0 Å². The molecule has 0 saturated carbocycles. The third-order valence-corrected chi connectivity index (χ3v) is 1.95. The van der Waals surface area contributed by atoms with Crippen LogP contribution in [0.15, 0.2) is 0 Å². The van der Waals surface area contributed by atoms with E-state index in [1.54, 1.807) is 7.11 Å². The van der Waals surface area contributed by atoms with Crippen molar-refractivity contribution in [2.24, 2.45) is 11.1 Å². The van der Waals surface area contributed by atoms with Gasteiger partial charge in [-0.1, -0.05) is 13.8 Å². The van der Waals surface area contributed by atoms with E-state index in [1.165, 1.54) is 0 Å². The van der Waals surface area contributed by atoms with Gasteiger partial charge in [0.1, 0.15) is 0 Å². The zero-order valence-corrected chi connectivity index (χ0v) is 9.04. The number of carboxylic acid groups (broad SMARTS) is 1. The lowest BCUT2D eigenvalue weighted by Gasteiger charge is -2.28. The molecule has 0 aliphatic heterocycles. The molecule has 0 heterocycles. The van der Waals surface area contributed by atoms with Gasteiger partial charge in [0, 0.05) is 19.7 Å². The number of amides is 1. The van der Waals surface area contributed by atoms with Crippen molar-refractivity contribution in [2.75, 3.05) is 20.3 Å². The molecule has 0 aromatic carbocycles. The first-order valence-electron chi connectivity index (χ1n) is 4.60. The van der Waals surface area contributed by atoms with Crippen LogP contribution in [0.5, 0.6) is 0 Å². The number of ether oxygens (including phenoxy) is 1. The minimum Gasteiger partial charge on any atom is -0.465 e. The first-order valence-corrected chi connectivity index (χ1v) is 4.60. The van der Waals surface area contributed by atoms with Crippen molar-refractivity contribution >= 4 is 6.09 Å². The smallest absolute Gasteiger partial charge is 0.404 e. The molecular weight excluding hydrogens is 184 g/mol. The highest BCUT2D eigenvalue weighted by Crippen LogP contribution is 2.22. The number of hydrogen-bond donors (Lipinski definition) is 3. The van der Waals surface area contributed by atoms with Gasteiger partial charge in [0.2, 0.25) is 0 Å². The maximum atomic E-state index is 10.4. The van der Waals surface area contributed by atoms with Gasteiger partial charge in [-0.2, -0.15) is 0 Å². The number of carbonyl (C=O) groups is 1. The Morgan fingerprint density at radius 1 is 1.64 bits per heavy atom. The first-order chi connectivity index (χ1) is 6.41. The SMILES string of the molecule is COCC(C)(C)CC(CN)NC(=O)O. The first kappa shape index (κ1) is 13.2. The molecule has 14 heavy (non-hydrogen) atoms. The molecule has 84 valence electrons. The van der Waals surface area contributed by atoms with E-state index in [0.29, 0.717) is 19.6 Å². The van der Waals surface area contributed by atoms with Crippen LogP contribution in [0.1, 0.15) is 20.3 Å². The van der Waals surface area contributed by atoms with Crippen molar-refractivity contribution in [1.82, 2.24) is 5.32 Å². The van der Waals surface area contributed by atoms with Crippen LogP contribution >= 0.6 is 0 Å². The van der Waals surface area contributed by atoms with Gasteiger partial charge in [0.05, 0.1) is 6.61 Å². The van der Waals surface area contributed by atoms with Crippen LogP contribution in [0, 0.1) is 5.41 Å². The predicted molar refractivity (Wildman–Crippen MR) is 54.3 cm³/mol. The second kappa shape index (κ2) is 5.82. The second-order valence-electron chi connectivity index (χ2n) is 4.18. The van der Waals surface area contributed by atoms with Crippen LogP contribution < -0.4 is 11.1 Å². The lowest BCUT2D eigenvalue weighted by molar-refractivity contribution is 0.0898. The number of rotatable bonds is 6. The van der Waals surface area contributed by atoms with Crippen molar-refractivity contribution < 1.29 is 14.6 Å². The van der Waals surface area contributed by atoms with E-state index in [4.69, 9.17) is 15.6 Å². The third kappa shape index (κ3) is 5.77. The molecule has 0 rings (SSSR count). The fourth-order valence-electron chi connectivity index (χ4n) is 1.48. The monoisotopic (exact) mass is 204 g/mol. The number of methoxy groups -OCH3 is 1. The molecule has 0 fully saturated rings. The fraction of sp³-hybridized carbons (Fsp3) is 0.889. The van der Waals surface area contributed by atoms with Gasteiger partial charge in [-0.3, -0.25) is 0 Å². The lowest BCUT2D eigenvalue weighted by Crippen LogP contribution is -2.43. The van der Waals surface area contributed by atoms with E-state index >= 15 is 0 Å². The van der Waals surface area contributed by atoms with Crippen molar-refractivity contribution in [3.8, 4) is 0 Å². The molecule has 0 aromatic heterocycles. The van der Waals surface area contributed by atoms with Gasteiger partial charge < -0.3 is 20.9 Å². The molecule has 0 aliphatic rings. The zero-order chi connectivity index (χ0) is 11.2. The summed E-state index contributed by atoms with van der Waals surface area (Å²) in [4.78, 5) is 10.4. The maximum Gasteiger partial charge on any atom is 0.404 e. The zero-order valence-electron chi connectivity index (χ0n) is 9.04. The molecule has 1 unspecified atom stereocenters. The average Bonchev–Trinajstić information content (AvgIpc) is 2.01. The summed E-state index contributed by atoms with van der Waals surface area (Å²) in [5, 5.41) is 10.9. The van der Waals surface area contributed by atoms with E-state index < -0.39 is 6.09 Å². The highest BCUT2D eigenvalue weighted by molar-refractivity contribution is 5.64. The molecule has 1 atom stereocenters. The Morgan fingerprint density at radius 2 is 2.21 bits per heavy atom. The van der Waals surface area contributed by atoms with Crippen molar-refractivity contribution in [2.45, 2.75) is 26.3 Å². The Balaban J connectivity index is 4.08. The van der Waals surface area contributed by atoms with Crippen LogP contribution in [0.25, 0.3) is 0 Å². The van der Waals surface area contributed by atoms with Gasteiger partial charge in [-0.25, -0.2) is 4.79 Å². The van der Waals surface area contributed by atoms with Crippen LogP contribution in [0.4, 0.5) is 4.79 Å². The summed E-state index contributed by atoms with van der Waals surface area (Å²) in [5.41, 5.74) is 5.39. The summed E-state index contributed by atoms with van der Waals surface area (Å²) in [5.74, 6) is 0. The minimum absolute atomic E-state index is 0.0682. The summed E-state index contributed by atoms with van der Waals surface area (Å²) >= 11 is 0. The van der Waals surface area contributed by atoms with E-state index in [-0.39, 0.29) is 11.5 Å². The van der Waals surface area contributed by atoms with E-state index in [9.17, 15) is 4.79 Å². The van der Waals surface area contributed by atoms with Gasteiger partial charge in [0.25, 0.3) is 0 Å². The van der Waals surface area contributed by atoms with Gasteiger partial charge in [-0.15, -0.1) is 0 Å². The average molecular weight is 204 g/mol. The highest BCUT2D eigenvalue weighted by Gasteiger charge is 2.23. The normalized spacial score (nSPS) is 13.7. The van der Waals surface area contributed by atoms with Crippen LogP contribution in [0.3, 0.4) is 0 Å². The Hall–Kier alpha value is -0.810. The Bertz CT molecular complexity index is 183. The van der Waals surface area contributed by atoms with E-state index in [2.05, 4.69) is 5.32 Å². The quantitative estimate of drug-likeness (QED) is 0.593. The maximum absolute atomic E-state index is 10.4. The fourth-order valence-corrected chi connectivity index (χ4v) is 1.48. The van der Waals surface area contributed by atoms with Crippen LogP contribution in [0.2, 0.25) is 0 Å². The highest BCUT2D eigenvalue weighted by atomic mass is 16.5. The van der Waals surface area contributed by atoms with Gasteiger partial charge in [-0.05, 0) is 11.8 Å². The summed E-state index contributed by atoms with van der Waals surface area (Å²) in [6, 6.07) is -0.211. The van der Waals surface area contributed by atoms with E-state index in [0.717, 1.165) is 0 Å². The topological polar surface area (TPSA) is 84.6 Å². The van der Waals surface area contributed by atoms with Crippen LogP contribution in [-0.2, 0) is 4.74 Å². The molecule has 0 aromatic rings. The molecule has 5 heteroatoms. The summed E-state index contributed by atoms with van der Waals surface area (Å²) in [6.07, 6.45) is -0.363. The Morgan fingerprint density at radius 3 is 2.57 bits per heavy atom. The standard InChI is InChI=1S/C9H20N2O3/c1-9(2,6-14-3)4-7(5-10)11-8(12)13/h7,11H,4-6,10H2,1-3H3,(H,12,13). The third-order valence-electron chi connectivity index (χ3n) is 1.95. The molecule has 0 radical (unpaired) electrons. The molecule has 0 saturated heterocycles. The number of hydrogen-bond acceptors (Lipinski definition) is 3. The minimum atomic E-state index is -1.03. The predicted octanol–water partition coefficient (Wildman–Crippen LogP) is 0.644. The molecule has 0 aliphatic carbocycles. The lowest BCUT2D eigenvalue weighted by atomic mass is 9.86. The Kier molecular flexibility index (Phi) is 5.49. The second-order valence-corrected chi connectivity index (χ2v) is 4.18. The Labute approximate surface area is 84.6 Å². The van der Waals surface area contributed by atoms with E-state index in [1.807, 2.05) is 13.8 Å². The molecule has 1 amide bonds. The largest absolute Gasteiger partial charge is 0.465 e. The van der Waals surface area contributed by atoms with Crippen LogP contribution in [-0.4, -0.2) is 37.5 Å². The molecule has 0 bridgehead atoms. The van der Waals surface area contributed by atoms with Gasteiger partial charge in [0.15, 0.2) is 0 Å². The van der Waals surface area contributed by atoms with Gasteiger partial charge >= 0.3 is 6.09 Å². The molecule has 0 spiro atoms. The number of nitrogens with one attached hydrogen (secondary N) is 1. The number of nitrogens with two attached hydrogens (primary N) is 1. The molecular formula is C9H20N2O3. The van der Waals surface area contributed by atoms with Crippen molar-refractivity contribution in [1.29, 1.82) is 0 Å². The summed E-state index contributed by atoms with van der Waals surface area (Å²) in [7, 11) is 1.63. The molecule has 4 N–H and O–H groups in total. The van der Waals surface area contributed by atoms with Crippen molar-refractivity contribution in [3.05, 3.63) is 0 Å². The summed E-state index contributed by atoms with van der Waals surface area (Å²) < 4.78 is 5.04.